The van der Waals surface area contributed by atoms with Crippen LogP contribution in [0.15, 0.2) is 35.1 Å². The number of fused-ring (bicyclic) bond motifs is 2. The van der Waals surface area contributed by atoms with E-state index in [1.807, 2.05) is 12.1 Å². The molecule has 0 fully saturated rings. The summed E-state index contributed by atoms with van der Waals surface area (Å²) in [6.07, 6.45) is 1.16. The van der Waals surface area contributed by atoms with Gasteiger partial charge in [0.2, 0.25) is 5.91 Å². The van der Waals surface area contributed by atoms with Crippen LogP contribution in [0.3, 0.4) is 0 Å². The number of anilines is 1. The first-order chi connectivity index (χ1) is 16.4. The van der Waals surface area contributed by atoms with Gasteiger partial charge in [0.15, 0.2) is 11.5 Å². The van der Waals surface area contributed by atoms with Crippen LogP contribution < -0.4 is 20.5 Å². The molecule has 0 spiro atoms. The van der Waals surface area contributed by atoms with Crippen LogP contribution in [0.25, 0.3) is 11.0 Å². The van der Waals surface area contributed by atoms with Crippen LogP contribution in [0.4, 0.5) is 5.69 Å². The molecule has 0 saturated heterocycles. The second kappa shape index (κ2) is 10.0. The number of imidazole rings is 1. The smallest absolute Gasteiger partial charge is 0.323 e. The van der Waals surface area contributed by atoms with Gasteiger partial charge in [-0.2, -0.15) is 0 Å². The van der Waals surface area contributed by atoms with E-state index in [9.17, 15) is 14.4 Å². The summed E-state index contributed by atoms with van der Waals surface area (Å²) in [5.74, 6) is 0.753. The van der Waals surface area contributed by atoms with Crippen molar-refractivity contribution in [1.82, 2.24) is 14.9 Å². The van der Waals surface area contributed by atoms with Crippen LogP contribution in [0.1, 0.15) is 30.0 Å². The van der Waals surface area contributed by atoms with Crippen molar-refractivity contribution < 1.29 is 23.8 Å². The number of esters is 1. The molecule has 1 unspecified atom stereocenters. The number of hydrogen-bond donors (Lipinski definition) is 3. The normalized spacial score (nSPS) is 15.6. The zero-order chi connectivity index (χ0) is 24.2. The van der Waals surface area contributed by atoms with Crippen LogP contribution >= 0.6 is 0 Å². The highest BCUT2D eigenvalue weighted by molar-refractivity contribution is 5.93. The fourth-order valence-electron chi connectivity index (χ4n) is 4.41. The largest absolute Gasteiger partial charge is 0.493 e. The number of rotatable bonds is 8. The van der Waals surface area contributed by atoms with Gasteiger partial charge < -0.3 is 29.5 Å². The minimum absolute atomic E-state index is 0.160. The molecule has 0 radical (unpaired) electrons. The number of ether oxygens (including phenoxy) is 3. The summed E-state index contributed by atoms with van der Waals surface area (Å²) in [6, 6.07) is 8.79. The lowest BCUT2D eigenvalue weighted by atomic mass is 9.90. The molecule has 3 N–H and O–H groups in total. The highest BCUT2D eigenvalue weighted by atomic mass is 16.5. The van der Waals surface area contributed by atoms with Crippen molar-refractivity contribution in [3.05, 3.63) is 51.9 Å². The second-order valence-electron chi connectivity index (χ2n) is 8.13. The summed E-state index contributed by atoms with van der Waals surface area (Å²) in [4.78, 5) is 43.8. The molecule has 180 valence electrons. The predicted octanol–water partition coefficient (Wildman–Crippen LogP) is 2.36. The van der Waals surface area contributed by atoms with Crippen molar-refractivity contribution in [2.75, 3.05) is 39.7 Å². The molecule has 10 heteroatoms. The Bertz CT molecular complexity index is 1260. The lowest BCUT2D eigenvalue weighted by molar-refractivity contribution is -0.142. The standard InChI is InChI=1S/C24H28N4O6/c1-32-20-10-14-6-8-28(19(13-23(30)34-3)16(14)12-21(20)33-2)9-7-22(29)25-15-4-5-17-18(11-15)27-24(31)26-17/h4-5,10-12,19H,6-9,13H2,1-3H3,(H,25,29)(H2,26,27,31). The zero-order valence-electron chi connectivity index (χ0n) is 19.4. The third-order valence-corrected chi connectivity index (χ3v) is 6.13. The average molecular weight is 469 g/mol. The molecule has 1 aliphatic heterocycles. The van der Waals surface area contributed by atoms with Gasteiger partial charge in [0.05, 0.1) is 38.8 Å². The van der Waals surface area contributed by atoms with E-state index in [-0.39, 0.29) is 36.4 Å². The van der Waals surface area contributed by atoms with Crippen LogP contribution in [-0.4, -0.2) is 61.2 Å². The number of amides is 1. The van der Waals surface area contributed by atoms with Gasteiger partial charge in [0, 0.05) is 31.2 Å². The Balaban J connectivity index is 1.48. The molecule has 3 aromatic rings. The highest BCUT2D eigenvalue weighted by Gasteiger charge is 2.31. The van der Waals surface area contributed by atoms with Crippen molar-refractivity contribution in [3.63, 3.8) is 0 Å². The molecule has 4 rings (SSSR count). The number of carbonyl (C=O) groups excluding carboxylic acids is 2. The Morgan fingerprint density at radius 1 is 1.06 bits per heavy atom. The van der Waals surface area contributed by atoms with Gasteiger partial charge in [-0.15, -0.1) is 0 Å². The molecule has 1 aliphatic rings. The highest BCUT2D eigenvalue weighted by Crippen LogP contribution is 2.39. The van der Waals surface area contributed by atoms with Crippen LogP contribution in [-0.2, 0) is 20.7 Å². The first-order valence-corrected chi connectivity index (χ1v) is 11.0. The lowest BCUT2D eigenvalue weighted by Crippen LogP contribution is -2.38. The van der Waals surface area contributed by atoms with Gasteiger partial charge >= 0.3 is 11.7 Å². The molecule has 0 bridgehead atoms. The summed E-state index contributed by atoms with van der Waals surface area (Å²) in [7, 11) is 4.54. The fourth-order valence-corrected chi connectivity index (χ4v) is 4.41. The van der Waals surface area contributed by atoms with Crippen molar-refractivity contribution in [2.45, 2.75) is 25.3 Å². The number of H-pyrrole nitrogens is 2. The summed E-state index contributed by atoms with van der Waals surface area (Å²) < 4.78 is 15.8. The average Bonchev–Trinajstić information content (AvgIpc) is 3.21. The Morgan fingerprint density at radius 3 is 2.53 bits per heavy atom. The molecule has 0 saturated carbocycles. The van der Waals surface area contributed by atoms with E-state index in [4.69, 9.17) is 14.2 Å². The molecule has 1 atom stereocenters. The summed E-state index contributed by atoms with van der Waals surface area (Å²) in [6.45, 7) is 1.15. The minimum Gasteiger partial charge on any atom is -0.493 e. The molecule has 34 heavy (non-hydrogen) atoms. The van der Waals surface area contributed by atoms with E-state index in [0.29, 0.717) is 41.3 Å². The summed E-state index contributed by atoms with van der Waals surface area (Å²) >= 11 is 0. The zero-order valence-corrected chi connectivity index (χ0v) is 19.4. The Kier molecular flexibility index (Phi) is 6.87. The lowest BCUT2D eigenvalue weighted by Gasteiger charge is -2.37. The minimum atomic E-state index is -0.323. The number of aromatic amines is 2. The van der Waals surface area contributed by atoms with E-state index in [1.165, 1.54) is 7.11 Å². The van der Waals surface area contributed by atoms with E-state index in [0.717, 1.165) is 17.5 Å². The SMILES string of the molecule is COC(=O)CC1c2cc(OC)c(OC)cc2CCN1CCC(=O)Nc1ccc2[nH]c(=O)[nH]c2c1. The Labute approximate surface area is 196 Å². The Hall–Kier alpha value is -3.79. The first-order valence-electron chi connectivity index (χ1n) is 11.0. The number of methoxy groups -OCH3 is 3. The predicted molar refractivity (Wildman–Crippen MR) is 126 cm³/mol. The van der Waals surface area contributed by atoms with Gasteiger partial charge in [0.25, 0.3) is 0 Å². The topological polar surface area (TPSA) is 126 Å². The van der Waals surface area contributed by atoms with E-state index >= 15 is 0 Å². The van der Waals surface area contributed by atoms with Crippen LogP contribution in [0, 0.1) is 0 Å². The molecule has 2 heterocycles. The number of nitrogens with zero attached hydrogens (tertiary/aromatic N) is 1. The number of hydrogen-bond acceptors (Lipinski definition) is 7. The number of aromatic nitrogens is 2. The van der Waals surface area contributed by atoms with E-state index in [2.05, 4.69) is 20.2 Å². The second-order valence-corrected chi connectivity index (χ2v) is 8.13. The fraction of sp³-hybridized carbons (Fsp3) is 0.375. The molecule has 0 aliphatic carbocycles. The van der Waals surface area contributed by atoms with Crippen LogP contribution in [0.5, 0.6) is 11.5 Å². The van der Waals surface area contributed by atoms with Crippen LogP contribution in [0.2, 0.25) is 0 Å². The maximum absolute atomic E-state index is 12.7. The maximum Gasteiger partial charge on any atom is 0.323 e. The number of carbonyl (C=O) groups is 2. The molecule has 2 aromatic carbocycles. The molecule has 1 aromatic heterocycles. The first kappa shape index (κ1) is 23.4. The van der Waals surface area contributed by atoms with Gasteiger partial charge in [-0.3, -0.25) is 14.5 Å². The molecular formula is C24H28N4O6. The van der Waals surface area contributed by atoms with Gasteiger partial charge in [-0.05, 0) is 47.9 Å². The number of benzene rings is 2. The summed E-state index contributed by atoms with van der Waals surface area (Å²) in [5.41, 5.74) is 3.65. The third-order valence-electron chi connectivity index (χ3n) is 6.13. The third kappa shape index (κ3) is 4.91. The number of nitrogens with one attached hydrogen (secondary N) is 3. The van der Waals surface area contributed by atoms with Crippen molar-refractivity contribution in [3.8, 4) is 11.5 Å². The van der Waals surface area contributed by atoms with E-state index in [1.54, 1.807) is 32.4 Å². The van der Waals surface area contributed by atoms with Crippen molar-refractivity contribution in [1.29, 1.82) is 0 Å². The quantitative estimate of drug-likeness (QED) is 0.433. The van der Waals surface area contributed by atoms with Gasteiger partial charge in [-0.1, -0.05) is 0 Å². The molecular weight excluding hydrogens is 440 g/mol. The summed E-state index contributed by atoms with van der Waals surface area (Å²) in [5, 5.41) is 2.87. The monoisotopic (exact) mass is 468 g/mol. The van der Waals surface area contributed by atoms with Gasteiger partial charge in [0.1, 0.15) is 0 Å². The maximum atomic E-state index is 12.7. The van der Waals surface area contributed by atoms with Crippen molar-refractivity contribution in [2.24, 2.45) is 0 Å². The van der Waals surface area contributed by atoms with Crippen molar-refractivity contribution >= 4 is 28.6 Å². The van der Waals surface area contributed by atoms with Gasteiger partial charge in [-0.25, -0.2) is 4.79 Å². The molecule has 1 amide bonds. The molecule has 10 nitrogen and oxygen atoms in total. The van der Waals surface area contributed by atoms with E-state index < -0.39 is 0 Å². The Morgan fingerprint density at radius 2 is 1.79 bits per heavy atom.